The van der Waals surface area contributed by atoms with Crippen molar-refractivity contribution in [3.05, 3.63) is 35.4 Å². The number of rotatable bonds is 1. The van der Waals surface area contributed by atoms with Crippen LogP contribution in [-0.2, 0) is 17.8 Å². The van der Waals surface area contributed by atoms with Crippen LogP contribution in [0.2, 0.25) is 0 Å². The maximum atomic E-state index is 10.5. The molecule has 62 valence electrons. The lowest BCUT2D eigenvalue weighted by molar-refractivity contribution is -0.109. The summed E-state index contributed by atoms with van der Waals surface area (Å²) in [5, 5.41) is 3.16. The molecule has 1 aliphatic heterocycles. The zero-order valence-corrected chi connectivity index (χ0v) is 6.79. The maximum Gasteiger partial charge on any atom is 0.137 e. The first kappa shape index (κ1) is 7.50. The van der Waals surface area contributed by atoms with Crippen molar-refractivity contribution in [3.63, 3.8) is 0 Å². The molecule has 1 aromatic rings. The Morgan fingerprint density at radius 1 is 1.33 bits per heavy atom. The molecule has 0 amide bonds. The number of hydrogen-bond acceptors (Lipinski definition) is 2. The van der Waals surface area contributed by atoms with Crippen molar-refractivity contribution in [2.75, 3.05) is 0 Å². The summed E-state index contributed by atoms with van der Waals surface area (Å²) in [6.45, 7) is 0.819. The quantitative estimate of drug-likeness (QED) is 0.620. The van der Waals surface area contributed by atoms with Crippen molar-refractivity contribution in [1.29, 1.82) is 0 Å². The van der Waals surface area contributed by atoms with Gasteiger partial charge in [0.15, 0.2) is 0 Å². The van der Waals surface area contributed by atoms with E-state index in [9.17, 15) is 4.79 Å². The predicted octanol–water partition coefficient (Wildman–Crippen LogP) is 0.900. The molecule has 0 fully saturated rings. The Morgan fingerprint density at radius 2 is 2.08 bits per heavy atom. The summed E-state index contributed by atoms with van der Waals surface area (Å²) in [5.74, 6) is 0. The molecule has 2 rings (SSSR count). The van der Waals surface area contributed by atoms with Gasteiger partial charge in [-0.25, -0.2) is 0 Å². The molecule has 1 atom stereocenters. The van der Waals surface area contributed by atoms with Crippen LogP contribution in [-0.4, -0.2) is 12.3 Å². The van der Waals surface area contributed by atoms with Crippen LogP contribution in [0.25, 0.3) is 0 Å². The third-order valence-electron chi connectivity index (χ3n) is 2.28. The van der Waals surface area contributed by atoms with Gasteiger partial charge in [0.2, 0.25) is 0 Å². The second-order valence-corrected chi connectivity index (χ2v) is 3.10. The molecule has 1 aromatic carbocycles. The third-order valence-corrected chi connectivity index (χ3v) is 2.28. The maximum absolute atomic E-state index is 10.5. The second kappa shape index (κ2) is 3.07. The molecule has 0 unspecified atom stereocenters. The zero-order valence-electron chi connectivity index (χ0n) is 6.79. The minimum atomic E-state index is 0.0138. The summed E-state index contributed by atoms with van der Waals surface area (Å²) >= 11 is 0. The number of benzene rings is 1. The van der Waals surface area contributed by atoms with Crippen LogP contribution in [0.3, 0.4) is 0 Å². The zero-order chi connectivity index (χ0) is 8.39. The number of aldehydes is 1. The van der Waals surface area contributed by atoms with Gasteiger partial charge in [-0.05, 0) is 17.5 Å². The van der Waals surface area contributed by atoms with Crippen molar-refractivity contribution in [3.8, 4) is 0 Å². The van der Waals surface area contributed by atoms with Gasteiger partial charge >= 0.3 is 0 Å². The molecule has 1 aliphatic rings. The molecule has 0 aromatic heterocycles. The van der Waals surface area contributed by atoms with Gasteiger partial charge in [-0.2, -0.15) is 0 Å². The highest BCUT2D eigenvalue weighted by Crippen LogP contribution is 2.14. The van der Waals surface area contributed by atoms with Crippen molar-refractivity contribution in [2.24, 2.45) is 0 Å². The molecule has 2 heteroatoms. The van der Waals surface area contributed by atoms with E-state index in [2.05, 4.69) is 17.4 Å². The summed E-state index contributed by atoms with van der Waals surface area (Å²) in [6, 6.07) is 8.25. The fourth-order valence-electron chi connectivity index (χ4n) is 1.58. The summed E-state index contributed by atoms with van der Waals surface area (Å²) < 4.78 is 0. The summed E-state index contributed by atoms with van der Waals surface area (Å²) in [7, 11) is 0. The second-order valence-electron chi connectivity index (χ2n) is 3.10. The van der Waals surface area contributed by atoms with E-state index in [1.54, 1.807) is 0 Å². The van der Waals surface area contributed by atoms with Gasteiger partial charge in [0.1, 0.15) is 6.29 Å². The van der Waals surface area contributed by atoms with Crippen LogP contribution in [0.1, 0.15) is 11.1 Å². The van der Waals surface area contributed by atoms with E-state index in [1.165, 1.54) is 11.1 Å². The highest BCUT2D eigenvalue weighted by molar-refractivity contribution is 5.59. The Bertz CT molecular complexity index is 296. The lowest BCUT2D eigenvalue weighted by Gasteiger charge is -2.21. The van der Waals surface area contributed by atoms with Crippen LogP contribution in [0.5, 0.6) is 0 Å². The van der Waals surface area contributed by atoms with E-state index >= 15 is 0 Å². The van der Waals surface area contributed by atoms with Crippen LogP contribution in [0, 0.1) is 0 Å². The average Bonchev–Trinajstić information content (AvgIpc) is 2.17. The SMILES string of the molecule is O=C[C@H]1Cc2ccccc2CN1. The van der Waals surface area contributed by atoms with E-state index in [1.807, 2.05) is 12.1 Å². The molecule has 2 nitrogen and oxygen atoms in total. The van der Waals surface area contributed by atoms with Crippen LogP contribution >= 0.6 is 0 Å². The number of carbonyl (C=O) groups is 1. The van der Waals surface area contributed by atoms with Gasteiger partial charge in [-0.15, -0.1) is 0 Å². The number of carbonyl (C=O) groups excluding carboxylic acids is 1. The Labute approximate surface area is 71.6 Å². The average molecular weight is 161 g/mol. The Kier molecular flexibility index (Phi) is 1.92. The first-order chi connectivity index (χ1) is 5.90. The fraction of sp³-hybridized carbons (Fsp3) is 0.300. The Morgan fingerprint density at radius 3 is 2.83 bits per heavy atom. The van der Waals surface area contributed by atoms with Crippen molar-refractivity contribution in [2.45, 2.75) is 19.0 Å². The van der Waals surface area contributed by atoms with Crippen LogP contribution in [0.4, 0.5) is 0 Å². The van der Waals surface area contributed by atoms with Gasteiger partial charge in [0.05, 0.1) is 6.04 Å². The molecular weight excluding hydrogens is 150 g/mol. The molecule has 0 radical (unpaired) electrons. The fourth-order valence-corrected chi connectivity index (χ4v) is 1.58. The van der Waals surface area contributed by atoms with Crippen LogP contribution < -0.4 is 5.32 Å². The Balaban J connectivity index is 2.28. The standard InChI is InChI=1S/C10H11NO/c12-7-10-5-8-3-1-2-4-9(8)6-11-10/h1-4,7,10-11H,5-6H2/t10-/m1/s1. The molecule has 0 saturated heterocycles. The smallest absolute Gasteiger partial charge is 0.137 e. The summed E-state index contributed by atoms with van der Waals surface area (Å²) in [4.78, 5) is 10.5. The lowest BCUT2D eigenvalue weighted by Crippen LogP contribution is -2.36. The highest BCUT2D eigenvalue weighted by Gasteiger charge is 2.15. The van der Waals surface area contributed by atoms with Crippen molar-refractivity contribution in [1.82, 2.24) is 5.32 Å². The van der Waals surface area contributed by atoms with Crippen LogP contribution in [0.15, 0.2) is 24.3 Å². The molecular formula is C10H11NO. The third kappa shape index (κ3) is 1.25. The molecule has 0 bridgehead atoms. The molecule has 0 saturated carbocycles. The number of nitrogens with one attached hydrogen (secondary N) is 1. The van der Waals surface area contributed by atoms with Crippen molar-refractivity contribution >= 4 is 6.29 Å². The lowest BCUT2D eigenvalue weighted by atomic mass is 9.97. The topological polar surface area (TPSA) is 29.1 Å². The van der Waals surface area contributed by atoms with Gasteiger partial charge in [0.25, 0.3) is 0 Å². The van der Waals surface area contributed by atoms with Gasteiger partial charge in [0, 0.05) is 6.54 Å². The largest absolute Gasteiger partial charge is 0.303 e. The van der Waals surface area contributed by atoms with E-state index in [0.29, 0.717) is 0 Å². The first-order valence-electron chi connectivity index (χ1n) is 4.15. The molecule has 12 heavy (non-hydrogen) atoms. The van der Waals surface area contributed by atoms with Gasteiger partial charge in [-0.1, -0.05) is 24.3 Å². The molecule has 1 heterocycles. The number of fused-ring (bicyclic) bond motifs is 1. The highest BCUT2D eigenvalue weighted by atomic mass is 16.1. The first-order valence-corrected chi connectivity index (χ1v) is 4.15. The Hall–Kier alpha value is -1.15. The predicted molar refractivity (Wildman–Crippen MR) is 46.8 cm³/mol. The minimum absolute atomic E-state index is 0.0138. The van der Waals surface area contributed by atoms with E-state index in [4.69, 9.17) is 0 Å². The number of hydrogen-bond donors (Lipinski definition) is 1. The minimum Gasteiger partial charge on any atom is -0.303 e. The van der Waals surface area contributed by atoms with Gasteiger partial charge < -0.3 is 10.1 Å². The van der Waals surface area contributed by atoms with E-state index < -0.39 is 0 Å². The molecule has 1 N–H and O–H groups in total. The molecule has 0 aliphatic carbocycles. The summed E-state index contributed by atoms with van der Waals surface area (Å²) in [6.07, 6.45) is 1.82. The summed E-state index contributed by atoms with van der Waals surface area (Å²) in [5.41, 5.74) is 2.61. The van der Waals surface area contributed by atoms with E-state index in [-0.39, 0.29) is 6.04 Å². The normalized spacial score (nSPS) is 21.5. The van der Waals surface area contributed by atoms with Crippen molar-refractivity contribution < 1.29 is 4.79 Å². The van der Waals surface area contributed by atoms with E-state index in [0.717, 1.165) is 19.3 Å². The molecule has 0 spiro atoms. The monoisotopic (exact) mass is 161 g/mol. The van der Waals surface area contributed by atoms with Gasteiger partial charge in [-0.3, -0.25) is 0 Å².